The molecular weight excluding hydrogens is 595 g/mol. The zero-order valence-corrected chi connectivity index (χ0v) is 25.2. The number of carbonyl (C=O) groups is 1. The molecule has 43 heavy (non-hydrogen) atoms. The first-order valence-corrected chi connectivity index (χ1v) is 12.6. The Morgan fingerprint density at radius 3 is 2.09 bits per heavy atom. The number of benzene rings is 3. The molecular formula is C31H30Cl2N4O6. The summed E-state index contributed by atoms with van der Waals surface area (Å²) in [6, 6.07) is 20.6. The number of nitrogens with zero attached hydrogens (tertiary/aromatic N) is 2. The smallest absolute Gasteiger partial charge is 0.266 e. The Kier molecular flexibility index (Phi) is 10.5. The Morgan fingerprint density at radius 2 is 1.53 bits per heavy atom. The third-order valence-corrected chi connectivity index (χ3v) is 6.61. The average Bonchev–Trinajstić information content (AvgIpc) is 3.00. The molecule has 3 aromatic carbocycles. The standard InChI is InChI=1S/C31H28N4O6.2ClH/c1-38-25-14-18(15-26(39-2)29(25)40-3)27-23-12-11-22(41-17-20-6-4-5-13-34-20)16-24(23)31(37)35(28(27)30(33)36)21-9-7-19(32)8-10-21;;/h4-16H,17,32H2,1-3H3,(H2,33,36);2*1H. The van der Waals surface area contributed by atoms with E-state index in [2.05, 4.69) is 4.98 Å². The van der Waals surface area contributed by atoms with Gasteiger partial charge in [0.2, 0.25) is 5.75 Å². The highest BCUT2D eigenvalue weighted by Crippen LogP contribution is 2.43. The number of nitrogens with two attached hydrogens (primary N) is 2. The summed E-state index contributed by atoms with van der Waals surface area (Å²) in [4.78, 5) is 31.5. The van der Waals surface area contributed by atoms with Crippen LogP contribution >= 0.6 is 24.8 Å². The van der Waals surface area contributed by atoms with Crippen LogP contribution in [0.4, 0.5) is 5.69 Å². The number of aromatic nitrogens is 2. The van der Waals surface area contributed by atoms with Crippen LogP contribution in [0.1, 0.15) is 16.2 Å². The molecule has 0 saturated heterocycles. The lowest BCUT2D eigenvalue weighted by Crippen LogP contribution is -2.29. The fourth-order valence-electron chi connectivity index (χ4n) is 4.73. The molecule has 1 amide bonds. The highest BCUT2D eigenvalue weighted by atomic mass is 35.5. The molecule has 0 fully saturated rings. The van der Waals surface area contributed by atoms with Gasteiger partial charge in [0.25, 0.3) is 11.5 Å². The van der Waals surface area contributed by atoms with E-state index < -0.39 is 11.5 Å². The molecule has 0 saturated carbocycles. The van der Waals surface area contributed by atoms with Gasteiger partial charge in [0.15, 0.2) is 11.5 Å². The largest absolute Gasteiger partial charge is 0.493 e. The molecule has 0 aliphatic carbocycles. The maximum absolute atomic E-state index is 14.1. The van der Waals surface area contributed by atoms with Gasteiger partial charge < -0.3 is 30.4 Å². The molecule has 224 valence electrons. The summed E-state index contributed by atoms with van der Waals surface area (Å²) in [5.74, 6) is 0.754. The van der Waals surface area contributed by atoms with Crippen molar-refractivity contribution in [2.75, 3.05) is 27.1 Å². The number of methoxy groups -OCH3 is 3. The van der Waals surface area contributed by atoms with Crippen LogP contribution in [0.15, 0.2) is 83.8 Å². The number of rotatable bonds is 9. The summed E-state index contributed by atoms with van der Waals surface area (Å²) in [6.45, 7) is 0.206. The molecule has 2 aromatic heterocycles. The van der Waals surface area contributed by atoms with E-state index in [9.17, 15) is 9.59 Å². The predicted molar refractivity (Wildman–Crippen MR) is 171 cm³/mol. The third-order valence-electron chi connectivity index (χ3n) is 6.61. The van der Waals surface area contributed by atoms with Gasteiger partial charge in [0.1, 0.15) is 18.1 Å². The van der Waals surface area contributed by atoms with Crippen molar-refractivity contribution in [2.45, 2.75) is 6.61 Å². The summed E-state index contributed by atoms with van der Waals surface area (Å²) in [7, 11) is 4.49. The second kappa shape index (κ2) is 13.8. The first-order chi connectivity index (χ1) is 19.9. The molecule has 4 N–H and O–H groups in total. The van der Waals surface area contributed by atoms with Gasteiger partial charge in [-0.25, -0.2) is 0 Å². The number of hydrogen-bond acceptors (Lipinski definition) is 8. The van der Waals surface area contributed by atoms with Crippen molar-refractivity contribution in [3.63, 3.8) is 0 Å². The highest BCUT2D eigenvalue weighted by molar-refractivity contribution is 6.09. The van der Waals surface area contributed by atoms with Crippen LogP contribution in [0.25, 0.3) is 27.6 Å². The Bertz CT molecular complexity index is 1790. The minimum absolute atomic E-state index is 0. The fraction of sp³-hybridized carbons (Fsp3) is 0.129. The number of anilines is 1. The van der Waals surface area contributed by atoms with Crippen molar-refractivity contribution in [3.05, 3.63) is 101 Å². The van der Waals surface area contributed by atoms with E-state index in [1.165, 1.54) is 25.9 Å². The van der Waals surface area contributed by atoms with Crippen LogP contribution in [0.2, 0.25) is 0 Å². The van der Waals surface area contributed by atoms with Gasteiger partial charge >= 0.3 is 0 Å². The number of primary amides is 1. The molecule has 5 rings (SSSR count). The average molecular weight is 626 g/mol. The Balaban J connectivity index is 0.00000253. The van der Waals surface area contributed by atoms with Crippen molar-refractivity contribution in [3.8, 4) is 39.8 Å². The first-order valence-electron chi connectivity index (χ1n) is 12.6. The Morgan fingerprint density at radius 1 is 0.860 bits per heavy atom. The topological polar surface area (TPSA) is 141 Å². The van der Waals surface area contributed by atoms with Crippen LogP contribution in [0, 0.1) is 0 Å². The van der Waals surface area contributed by atoms with Gasteiger partial charge in [-0.05, 0) is 77.7 Å². The Hall–Kier alpha value is -4.93. The van der Waals surface area contributed by atoms with Crippen molar-refractivity contribution in [1.29, 1.82) is 0 Å². The molecule has 0 aliphatic rings. The second-order valence-electron chi connectivity index (χ2n) is 9.05. The van der Waals surface area contributed by atoms with Crippen molar-refractivity contribution in [1.82, 2.24) is 9.55 Å². The zero-order valence-electron chi connectivity index (χ0n) is 23.5. The van der Waals surface area contributed by atoms with Crippen LogP contribution < -0.4 is 36.0 Å². The summed E-state index contributed by atoms with van der Waals surface area (Å²) >= 11 is 0. The van der Waals surface area contributed by atoms with Gasteiger partial charge in [-0.1, -0.05) is 6.07 Å². The lowest BCUT2D eigenvalue weighted by atomic mass is 9.95. The minimum Gasteiger partial charge on any atom is -0.493 e. The molecule has 5 aromatic rings. The number of fused-ring (bicyclic) bond motifs is 1. The van der Waals surface area contributed by atoms with Gasteiger partial charge in [-0.15, -0.1) is 24.8 Å². The molecule has 0 aliphatic heterocycles. The lowest BCUT2D eigenvalue weighted by molar-refractivity contribution is 0.0993. The van der Waals surface area contributed by atoms with Crippen LogP contribution in [-0.4, -0.2) is 36.8 Å². The quantitative estimate of drug-likeness (QED) is 0.214. The molecule has 0 radical (unpaired) electrons. The van der Waals surface area contributed by atoms with Crippen molar-refractivity contribution < 1.29 is 23.7 Å². The number of ether oxygens (including phenoxy) is 4. The van der Waals surface area contributed by atoms with Crippen LogP contribution in [0.3, 0.4) is 0 Å². The van der Waals surface area contributed by atoms with E-state index >= 15 is 0 Å². The molecule has 0 bridgehead atoms. The minimum atomic E-state index is -0.806. The molecule has 0 spiro atoms. The number of amides is 1. The monoisotopic (exact) mass is 624 g/mol. The van der Waals surface area contributed by atoms with E-state index in [1.54, 1.807) is 60.8 Å². The first kappa shape index (κ1) is 32.6. The zero-order chi connectivity index (χ0) is 29.1. The van der Waals surface area contributed by atoms with E-state index in [1.807, 2.05) is 18.2 Å². The maximum Gasteiger partial charge on any atom is 0.266 e. The SMILES string of the molecule is COc1cc(-c2c(C(N)=O)n(-c3ccc(N)cc3)c(=O)c3cc(OCc4ccccn4)ccc23)cc(OC)c1OC.Cl.Cl. The molecule has 2 heterocycles. The van der Waals surface area contributed by atoms with Crippen molar-refractivity contribution >= 4 is 47.2 Å². The van der Waals surface area contributed by atoms with Gasteiger partial charge in [-0.3, -0.25) is 19.1 Å². The van der Waals surface area contributed by atoms with E-state index in [0.717, 1.165) is 5.69 Å². The number of pyridine rings is 2. The molecule has 0 atom stereocenters. The number of nitrogen functional groups attached to an aromatic ring is 1. The van der Waals surface area contributed by atoms with Crippen LogP contribution in [0.5, 0.6) is 23.0 Å². The number of halogens is 2. The second-order valence-corrected chi connectivity index (χ2v) is 9.05. The number of hydrogen-bond donors (Lipinski definition) is 2. The van der Waals surface area contributed by atoms with E-state index in [0.29, 0.717) is 56.3 Å². The fourth-order valence-corrected chi connectivity index (χ4v) is 4.73. The molecule has 12 heteroatoms. The van der Waals surface area contributed by atoms with E-state index in [-0.39, 0.29) is 37.1 Å². The maximum atomic E-state index is 14.1. The third kappa shape index (κ3) is 6.30. The van der Waals surface area contributed by atoms with Gasteiger partial charge in [0, 0.05) is 23.1 Å². The summed E-state index contributed by atoms with van der Waals surface area (Å²) in [5.41, 5.74) is 14.0. The highest BCUT2D eigenvalue weighted by Gasteiger charge is 2.25. The lowest BCUT2D eigenvalue weighted by Gasteiger charge is -2.20. The van der Waals surface area contributed by atoms with Gasteiger partial charge in [-0.2, -0.15) is 0 Å². The number of carbonyl (C=O) groups excluding carboxylic acids is 1. The normalized spacial score (nSPS) is 10.3. The van der Waals surface area contributed by atoms with Crippen molar-refractivity contribution in [2.24, 2.45) is 5.73 Å². The molecule has 0 unspecified atom stereocenters. The van der Waals surface area contributed by atoms with Gasteiger partial charge in [0.05, 0.1) is 32.4 Å². The van der Waals surface area contributed by atoms with Crippen LogP contribution in [-0.2, 0) is 6.61 Å². The summed E-state index contributed by atoms with van der Waals surface area (Å²) in [5, 5.41) is 0.782. The summed E-state index contributed by atoms with van der Waals surface area (Å²) < 4.78 is 23.9. The predicted octanol–water partition coefficient (Wildman–Crippen LogP) is 5.18. The molecule has 10 nitrogen and oxygen atoms in total. The van der Waals surface area contributed by atoms with E-state index in [4.69, 9.17) is 30.4 Å². The summed E-state index contributed by atoms with van der Waals surface area (Å²) in [6.07, 6.45) is 1.68. The Labute approximate surface area is 260 Å².